The van der Waals surface area contributed by atoms with Crippen LogP contribution >= 0.6 is 0 Å². The first-order valence-electron chi connectivity index (χ1n) is 3.83. The van der Waals surface area contributed by atoms with Gasteiger partial charge in [0.25, 0.3) is 0 Å². The summed E-state index contributed by atoms with van der Waals surface area (Å²) in [5, 5.41) is 7.35. The standard InChI is InChI=1S/C8H15BN/c1-3-4-5-6-8(10)7-9-2/h5-6,10H,3-4,7H2,1-2H3/b6-5-,10-8?. The van der Waals surface area contributed by atoms with E-state index in [4.69, 9.17) is 5.41 Å². The van der Waals surface area contributed by atoms with Gasteiger partial charge < -0.3 is 5.41 Å². The lowest BCUT2D eigenvalue weighted by molar-refractivity contribution is 0.959. The summed E-state index contributed by atoms with van der Waals surface area (Å²) in [7, 11) is 2.00. The Morgan fingerprint density at radius 3 is 2.80 bits per heavy atom. The van der Waals surface area contributed by atoms with E-state index in [2.05, 4.69) is 13.0 Å². The predicted molar refractivity (Wildman–Crippen MR) is 48.2 cm³/mol. The van der Waals surface area contributed by atoms with E-state index in [9.17, 15) is 0 Å². The highest BCUT2D eigenvalue weighted by Crippen LogP contribution is 1.91. The van der Waals surface area contributed by atoms with Gasteiger partial charge in [-0.2, -0.15) is 0 Å². The van der Waals surface area contributed by atoms with Crippen molar-refractivity contribution in [1.29, 1.82) is 5.41 Å². The zero-order chi connectivity index (χ0) is 7.82. The Morgan fingerprint density at radius 2 is 2.30 bits per heavy atom. The summed E-state index contributed by atoms with van der Waals surface area (Å²) in [4.78, 5) is 0. The van der Waals surface area contributed by atoms with Crippen molar-refractivity contribution >= 4 is 13.0 Å². The number of rotatable bonds is 5. The van der Waals surface area contributed by atoms with Crippen molar-refractivity contribution in [2.45, 2.75) is 32.9 Å². The van der Waals surface area contributed by atoms with Crippen LogP contribution < -0.4 is 0 Å². The third kappa shape index (κ3) is 5.61. The molecular weight excluding hydrogens is 121 g/mol. The first-order chi connectivity index (χ1) is 4.81. The van der Waals surface area contributed by atoms with Crippen LogP contribution in [0.25, 0.3) is 0 Å². The summed E-state index contributed by atoms with van der Waals surface area (Å²) >= 11 is 0. The molecule has 0 aromatic rings. The molecule has 0 aliphatic rings. The number of hydrogen-bond donors (Lipinski definition) is 1. The maximum absolute atomic E-state index is 7.35. The SMILES string of the molecule is C[B]CC(=N)/C=C\CCC. The van der Waals surface area contributed by atoms with Crippen LogP contribution in [0.2, 0.25) is 13.1 Å². The third-order valence-electron chi connectivity index (χ3n) is 1.20. The van der Waals surface area contributed by atoms with Gasteiger partial charge in [-0.25, -0.2) is 0 Å². The highest BCUT2D eigenvalue weighted by atomic mass is 14.4. The molecule has 0 bridgehead atoms. The molecule has 0 heterocycles. The molecule has 0 aromatic carbocycles. The van der Waals surface area contributed by atoms with Crippen molar-refractivity contribution in [3.8, 4) is 0 Å². The second kappa shape index (κ2) is 6.59. The Hall–Kier alpha value is -0.525. The molecule has 1 nitrogen and oxygen atoms in total. The van der Waals surface area contributed by atoms with Gasteiger partial charge in [-0.3, -0.25) is 0 Å². The van der Waals surface area contributed by atoms with Gasteiger partial charge in [-0.15, -0.1) is 0 Å². The molecule has 0 fully saturated rings. The molecule has 0 aliphatic carbocycles. The van der Waals surface area contributed by atoms with Crippen molar-refractivity contribution in [2.75, 3.05) is 0 Å². The summed E-state index contributed by atoms with van der Waals surface area (Å²) in [6.45, 7) is 4.11. The quantitative estimate of drug-likeness (QED) is 0.443. The second-order valence-corrected chi connectivity index (χ2v) is 2.33. The van der Waals surface area contributed by atoms with Crippen LogP contribution in [0, 0.1) is 5.41 Å². The molecule has 1 N–H and O–H groups in total. The lowest BCUT2D eigenvalue weighted by Gasteiger charge is -1.90. The number of unbranched alkanes of at least 4 members (excludes halogenated alkanes) is 1. The summed E-state index contributed by atoms with van der Waals surface area (Å²) in [5.41, 5.74) is 0.705. The van der Waals surface area contributed by atoms with Crippen LogP contribution in [-0.4, -0.2) is 13.0 Å². The molecule has 0 saturated heterocycles. The van der Waals surface area contributed by atoms with Crippen LogP contribution in [0.1, 0.15) is 19.8 Å². The van der Waals surface area contributed by atoms with E-state index >= 15 is 0 Å². The molecule has 0 aromatic heterocycles. The number of allylic oxidation sites excluding steroid dienone is 2. The average Bonchev–Trinajstić information content (AvgIpc) is 1.89. The lowest BCUT2D eigenvalue weighted by atomic mass is 9.76. The van der Waals surface area contributed by atoms with E-state index in [0.29, 0.717) is 5.71 Å². The summed E-state index contributed by atoms with van der Waals surface area (Å²) in [6.07, 6.45) is 7.00. The Labute approximate surface area is 64.3 Å². The molecule has 2 heteroatoms. The highest BCUT2D eigenvalue weighted by Gasteiger charge is 1.87. The molecule has 55 valence electrons. The monoisotopic (exact) mass is 136 g/mol. The van der Waals surface area contributed by atoms with Crippen molar-refractivity contribution in [1.82, 2.24) is 0 Å². The van der Waals surface area contributed by atoms with E-state index in [1.807, 2.05) is 20.2 Å². The maximum Gasteiger partial charge on any atom is 0.113 e. The van der Waals surface area contributed by atoms with Gasteiger partial charge in [0.2, 0.25) is 0 Å². The fraction of sp³-hybridized carbons (Fsp3) is 0.625. The molecule has 0 saturated carbocycles. The summed E-state index contributed by atoms with van der Waals surface area (Å²) in [6, 6.07) is 0. The topological polar surface area (TPSA) is 23.9 Å². The van der Waals surface area contributed by atoms with E-state index in [1.165, 1.54) is 6.42 Å². The molecular formula is C8H15BN. The minimum Gasteiger partial charge on any atom is -0.306 e. The van der Waals surface area contributed by atoms with Gasteiger partial charge in [0.15, 0.2) is 0 Å². The van der Waals surface area contributed by atoms with Crippen LogP contribution in [0.4, 0.5) is 0 Å². The first-order valence-corrected chi connectivity index (χ1v) is 3.83. The zero-order valence-corrected chi connectivity index (χ0v) is 6.85. The molecule has 0 spiro atoms. The molecule has 1 radical (unpaired) electrons. The van der Waals surface area contributed by atoms with Gasteiger partial charge in [0.05, 0.1) is 0 Å². The van der Waals surface area contributed by atoms with E-state index in [0.717, 1.165) is 12.7 Å². The molecule has 0 rings (SSSR count). The van der Waals surface area contributed by atoms with Crippen molar-refractivity contribution < 1.29 is 0 Å². The van der Waals surface area contributed by atoms with Gasteiger partial charge >= 0.3 is 0 Å². The minimum absolute atomic E-state index is 0.705. The second-order valence-electron chi connectivity index (χ2n) is 2.33. The van der Waals surface area contributed by atoms with Crippen LogP contribution in [0.15, 0.2) is 12.2 Å². The Balaban J connectivity index is 3.36. The Morgan fingerprint density at radius 1 is 1.60 bits per heavy atom. The molecule has 0 amide bonds. The molecule has 0 aliphatic heterocycles. The van der Waals surface area contributed by atoms with Crippen molar-refractivity contribution in [3.63, 3.8) is 0 Å². The first kappa shape index (κ1) is 9.47. The van der Waals surface area contributed by atoms with Crippen LogP contribution in [0.5, 0.6) is 0 Å². The van der Waals surface area contributed by atoms with E-state index in [1.54, 1.807) is 0 Å². The predicted octanol–water partition coefficient (Wildman–Crippen LogP) is 2.53. The largest absolute Gasteiger partial charge is 0.306 e. The van der Waals surface area contributed by atoms with E-state index in [-0.39, 0.29) is 0 Å². The van der Waals surface area contributed by atoms with E-state index < -0.39 is 0 Å². The summed E-state index contributed by atoms with van der Waals surface area (Å²) in [5.74, 6) is 0. The van der Waals surface area contributed by atoms with Gasteiger partial charge in [-0.1, -0.05) is 26.2 Å². The maximum atomic E-state index is 7.35. The minimum atomic E-state index is 0.705. The highest BCUT2D eigenvalue weighted by molar-refractivity contribution is 6.41. The van der Waals surface area contributed by atoms with Crippen molar-refractivity contribution in [3.05, 3.63) is 12.2 Å². The molecule has 10 heavy (non-hydrogen) atoms. The Bertz CT molecular complexity index is 118. The average molecular weight is 136 g/mol. The fourth-order valence-electron chi connectivity index (χ4n) is 0.680. The third-order valence-corrected chi connectivity index (χ3v) is 1.20. The number of hydrogen-bond acceptors (Lipinski definition) is 1. The van der Waals surface area contributed by atoms with Gasteiger partial charge in [-0.05, 0) is 18.8 Å². The number of nitrogens with one attached hydrogen (secondary N) is 1. The van der Waals surface area contributed by atoms with Crippen LogP contribution in [-0.2, 0) is 0 Å². The van der Waals surface area contributed by atoms with Gasteiger partial charge in [0, 0.05) is 5.71 Å². The normalized spacial score (nSPS) is 10.2. The summed E-state index contributed by atoms with van der Waals surface area (Å²) < 4.78 is 0. The fourth-order valence-corrected chi connectivity index (χ4v) is 0.680. The molecule has 0 atom stereocenters. The molecule has 0 unspecified atom stereocenters. The Kier molecular flexibility index (Phi) is 6.25. The smallest absolute Gasteiger partial charge is 0.113 e. The lowest BCUT2D eigenvalue weighted by Crippen LogP contribution is -1.93. The van der Waals surface area contributed by atoms with Crippen molar-refractivity contribution in [2.24, 2.45) is 0 Å². The van der Waals surface area contributed by atoms with Gasteiger partial charge in [0.1, 0.15) is 7.28 Å². The van der Waals surface area contributed by atoms with Crippen LogP contribution in [0.3, 0.4) is 0 Å². The zero-order valence-electron chi connectivity index (χ0n) is 6.85.